The van der Waals surface area contributed by atoms with Crippen LogP contribution in [-0.4, -0.2) is 44.0 Å². The van der Waals surface area contributed by atoms with Gasteiger partial charge in [0.05, 0.1) is 19.8 Å². The van der Waals surface area contributed by atoms with Crippen molar-refractivity contribution in [2.45, 2.75) is 6.54 Å². The lowest BCUT2D eigenvalue weighted by Gasteiger charge is -2.25. The van der Waals surface area contributed by atoms with Crippen molar-refractivity contribution >= 4 is 21.1 Å². The van der Waals surface area contributed by atoms with Crippen LogP contribution in [0.15, 0.2) is 30.3 Å². The Balaban J connectivity index is 1.68. The van der Waals surface area contributed by atoms with E-state index in [0.717, 1.165) is 16.6 Å². The molecule has 0 atom stereocenters. The highest BCUT2D eigenvalue weighted by Crippen LogP contribution is 2.14. The molecule has 1 aromatic heterocycles. The number of morpholine rings is 1. The molecular formula is C13H17N3O3S. The standard InChI is InChI=1S/C13H17N3O3S/c17-20(18,16-5-7-19-8-6-16)14-10-12-9-11-3-1-2-4-13(11)15-12/h1-4,9,14-15H,5-8,10H2. The predicted molar refractivity (Wildman–Crippen MR) is 76.5 cm³/mol. The van der Waals surface area contributed by atoms with Gasteiger partial charge in [-0.1, -0.05) is 18.2 Å². The van der Waals surface area contributed by atoms with Gasteiger partial charge in [0.2, 0.25) is 0 Å². The van der Waals surface area contributed by atoms with E-state index in [9.17, 15) is 8.42 Å². The smallest absolute Gasteiger partial charge is 0.279 e. The first-order valence-electron chi connectivity index (χ1n) is 6.54. The van der Waals surface area contributed by atoms with Crippen LogP contribution in [0.5, 0.6) is 0 Å². The summed E-state index contributed by atoms with van der Waals surface area (Å²) >= 11 is 0. The van der Waals surface area contributed by atoms with Gasteiger partial charge in [-0.15, -0.1) is 0 Å². The van der Waals surface area contributed by atoms with Crippen molar-refractivity contribution in [1.29, 1.82) is 0 Å². The van der Waals surface area contributed by atoms with Crippen molar-refractivity contribution in [2.24, 2.45) is 0 Å². The second-order valence-electron chi connectivity index (χ2n) is 4.72. The molecule has 1 aromatic carbocycles. The normalized spacial score (nSPS) is 17.6. The molecule has 1 aliphatic heterocycles. The third kappa shape index (κ3) is 2.85. The molecule has 0 radical (unpaired) electrons. The fraction of sp³-hybridized carbons (Fsp3) is 0.385. The van der Waals surface area contributed by atoms with E-state index in [2.05, 4.69) is 9.71 Å². The van der Waals surface area contributed by atoms with Gasteiger partial charge in [0, 0.05) is 24.3 Å². The Morgan fingerprint density at radius 3 is 2.75 bits per heavy atom. The monoisotopic (exact) mass is 295 g/mol. The number of fused-ring (bicyclic) bond motifs is 1. The van der Waals surface area contributed by atoms with E-state index in [1.165, 1.54) is 4.31 Å². The Kier molecular flexibility index (Phi) is 3.75. The summed E-state index contributed by atoms with van der Waals surface area (Å²) in [7, 11) is -3.44. The van der Waals surface area contributed by atoms with Crippen molar-refractivity contribution in [1.82, 2.24) is 14.0 Å². The average molecular weight is 295 g/mol. The van der Waals surface area contributed by atoms with E-state index in [1.54, 1.807) is 0 Å². The van der Waals surface area contributed by atoms with E-state index in [4.69, 9.17) is 4.74 Å². The van der Waals surface area contributed by atoms with Gasteiger partial charge in [0.25, 0.3) is 10.2 Å². The maximum absolute atomic E-state index is 12.1. The van der Waals surface area contributed by atoms with Crippen molar-refractivity contribution < 1.29 is 13.2 Å². The number of nitrogens with one attached hydrogen (secondary N) is 2. The summed E-state index contributed by atoms with van der Waals surface area (Å²) in [6, 6.07) is 9.82. The number of aromatic nitrogens is 1. The minimum absolute atomic E-state index is 0.258. The second kappa shape index (κ2) is 5.53. The molecule has 2 aromatic rings. The van der Waals surface area contributed by atoms with Crippen LogP contribution in [0.25, 0.3) is 10.9 Å². The van der Waals surface area contributed by atoms with E-state index in [0.29, 0.717) is 26.3 Å². The van der Waals surface area contributed by atoms with Gasteiger partial charge in [-0.05, 0) is 17.5 Å². The highest BCUT2D eigenvalue weighted by Gasteiger charge is 2.23. The Labute approximate surface area is 117 Å². The first-order chi connectivity index (χ1) is 9.65. The zero-order valence-electron chi connectivity index (χ0n) is 11.0. The zero-order chi connectivity index (χ0) is 14.0. The molecule has 7 heteroatoms. The topological polar surface area (TPSA) is 74.4 Å². The van der Waals surface area contributed by atoms with E-state index >= 15 is 0 Å². The summed E-state index contributed by atoms with van der Waals surface area (Å²) < 4.78 is 33.4. The number of nitrogens with zero attached hydrogens (tertiary/aromatic N) is 1. The van der Waals surface area contributed by atoms with E-state index < -0.39 is 10.2 Å². The van der Waals surface area contributed by atoms with Gasteiger partial charge in [-0.25, -0.2) is 0 Å². The molecule has 1 saturated heterocycles. The van der Waals surface area contributed by atoms with Crippen molar-refractivity contribution in [3.05, 3.63) is 36.0 Å². The van der Waals surface area contributed by atoms with Gasteiger partial charge >= 0.3 is 0 Å². The molecule has 3 rings (SSSR count). The average Bonchev–Trinajstić information content (AvgIpc) is 2.89. The lowest BCUT2D eigenvalue weighted by molar-refractivity contribution is 0.0724. The Morgan fingerprint density at radius 2 is 2.00 bits per heavy atom. The minimum atomic E-state index is -3.44. The van der Waals surface area contributed by atoms with Crippen molar-refractivity contribution in [2.75, 3.05) is 26.3 Å². The van der Waals surface area contributed by atoms with Gasteiger partial charge < -0.3 is 9.72 Å². The molecule has 108 valence electrons. The molecule has 6 nitrogen and oxygen atoms in total. The van der Waals surface area contributed by atoms with Gasteiger partial charge in [-0.3, -0.25) is 0 Å². The molecule has 0 amide bonds. The first kappa shape index (κ1) is 13.6. The lowest BCUT2D eigenvalue weighted by atomic mass is 10.2. The number of para-hydroxylation sites is 1. The van der Waals surface area contributed by atoms with Gasteiger partial charge in [0.1, 0.15) is 0 Å². The molecule has 2 heterocycles. The molecule has 0 bridgehead atoms. The fourth-order valence-electron chi connectivity index (χ4n) is 2.28. The number of hydrogen-bond donors (Lipinski definition) is 2. The molecule has 1 fully saturated rings. The molecule has 0 aliphatic carbocycles. The summed E-state index contributed by atoms with van der Waals surface area (Å²) in [6.07, 6.45) is 0. The highest BCUT2D eigenvalue weighted by molar-refractivity contribution is 7.87. The number of hydrogen-bond acceptors (Lipinski definition) is 3. The van der Waals surface area contributed by atoms with Crippen molar-refractivity contribution in [3.63, 3.8) is 0 Å². The fourth-order valence-corrected chi connectivity index (χ4v) is 3.43. The Hall–Kier alpha value is -1.41. The first-order valence-corrected chi connectivity index (χ1v) is 7.98. The summed E-state index contributed by atoms with van der Waals surface area (Å²) in [5, 5.41) is 1.08. The van der Waals surface area contributed by atoms with E-state index in [-0.39, 0.29) is 6.54 Å². The summed E-state index contributed by atoms with van der Waals surface area (Å²) in [5.41, 5.74) is 1.86. The van der Waals surface area contributed by atoms with Crippen LogP contribution in [-0.2, 0) is 21.5 Å². The number of rotatable bonds is 4. The SMILES string of the molecule is O=S(=O)(NCc1cc2ccccc2[nH]1)N1CCOCC1. The summed E-state index contributed by atoms with van der Waals surface area (Å²) in [6.45, 7) is 1.97. The van der Waals surface area contributed by atoms with Crippen LogP contribution >= 0.6 is 0 Å². The third-order valence-electron chi connectivity index (χ3n) is 3.34. The molecular weight excluding hydrogens is 278 g/mol. The van der Waals surface area contributed by atoms with Crippen LogP contribution in [0, 0.1) is 0 Å². The van der Waals surface area contributed by atoms with Gasteiger partial charge in [-0.2, -0.15) is 17.4 Å². The van der Waals surface area contributed by atoms with Crippen LogP contribution in [0.2, 0.25) is 0 Å². The molecule has 20 heavy (non-hydrogen) atoms. The summed E-state index contributed by atoms with van der Waals surface area (Å²) in [4.78, 5) is 3.20. The number of benzene rings is 1. The summed E-state index contributed by atoms with van der Waals surface area (Å²) in [5.74, 6) is 0. The van der Waals surface area contributed by atoms with E-state index in [1.807, 2.05) is 30.3 Å². The van der Waals surface area contributed by atoms with Crippen LogP contribution in [0.1, 0.15) is 5.69 Å². The molecule has 0 spiro atoms. The zero-order valence-corrected chi connectivity index (χ0v) is 11.8. The van der Waals surface area contributed by atoms with Crippen molar-refractivity contribution in [3.8, 4) is 0 Å². The predicted octanol–water partition coefficient (Wildman–Crippen LogP) is 0.834. The largest absolute Gasteiger partial charge is 0.379 e. The Morgan fingerprint density at radius 1 is 1.25 bits per heavy atom. The quantitative estimate of drug-likeness (QED) is 0.877. The molecule has 2 N–H and O–H groups in total. The molecule has 1 aliphatic rings. The van der Waals surface area contributed by atoms with Crippen LogP contribution in [0.3, 0.4) is 0 Å². The molecule has 0 unspecified atom stereocenters. The minimum Gasteiger partial charge on any atom is -0.379 e. The Bertz CT molecular complexity index is 657. The number of aromatic amines is 1. The maximum atomic E-state index is 12.1. The lowest BCUT2D eigenvalue weighted by Crippen LogP contribution is -2.46. The second-order valence-corrected chi connectivity index (χ2v) is 6.47. The highest BCUT2D eigenvalue weighted by atomic mass is 32.2. The third-order valence-corrected chi connectivity index (χ3v) is 4.89. The number of H-pyrrole nitrogens is 1. The van der Waals surface area contributed by atoms with Crippen LogP contribution < -0.4 is 4.72 Å². The van der Waals surface area contributed by atoms with Gasteiger partial charge in [0.15, 0.2) is 0 Å². The maximum Gasteiger partial charge on any atom is 0.279 e. The number of ether oxygens (including phenoxy) is 1. The van der Waals surface area contributed by atoms with Crippen LogP contribution in [0.4, 0.5) is 0 Å². The molecule has 0 saturated carbocycles.